The van der Waals surface area contributed by atoms with Gasteiger partial charge in [0.25, 0.3) is 5.91 Å². The van der Waals surface area contributed by atoms with Crippen LogP contribution < -0.4 is 4.74 Å². The molecule has 3 aliphatic heterocycles. The molecule has 2 saturated heterocycles. The van der Waals surface area contributed by atoms with Crippen molar-refractivity contribution in [3.63, 3.8) is 0 Å². The fraction of sp³-hybridized carbons (Fsp3) is 0.619. The van der Waals surface area contributed by atoms with Crippen LogP contribution in [0.4, 0.5) is 0 Å². The van der Waals surface area contributed by atoms with Crippen molar-refractivity contribution in [3.8, 4) is 5.75 Å². The van der Waals surface area contributed by atoms with Crippen molar-refractivity contribution in [2.24, 2.45) is 0 Å². The van der Waals surface area contributed by atoms with Gasteiger partial charge in [0, 0.05) is 45.2 Å². The van der Waals surface area contributed by atoms with Gasteiger partial charge in [0.1, 0.15) is 5.75 Å². The lowest BCUT2D eigenvalue weighted by Gasteiger charge is -2.38. The Morgan fingerprint density at radius 1 is 1.07 bits per heavy atom. The summed E-state index contributed by atoms with van der Waals surface area (Å²) in [5.74, 6) is 1.13. The van der Waals surface area contributed by atoms with Crippen LogP contribution in [0.1, 0.15) is 31.7 Å². The number of hydrogen-bond acceptors (Lipinski definition) is 4. The zero-order chi connectivity index (χ0) is 18.8. The first-order valence-corrected chi connectivity index (χ1v) is 10.2. The van der Waals surface area contributed by atoms with Crippen molar-refractivity contribution >= 4 is 11.8 Å². The Bertz CT molecular complexity index is 675. The van der Waals surface area contributed by atoms with Crippen molar-refractivity contribution < 1.29 is 14.3 Å². The molecule has 0 radical (unpaired) electrons. The van der Waals surface area contributed by atoms with E-state index in [2.05, 4.69) is 11.8 Å². The smallest absolute Gasteiger partial charge is 0.264 e. The Morgan fingerprint density at radius 2 is 1.85 bits per heavy atom. The molecule has 0 N–H and O–H groups in total. The minimum atomic E-state index is -0.398. The normalized spacial score (nSPS) is 25.8. The lowest BCUT2D eigenvalue weighted by Crippen LogP contribution is -2.55. The van der Waals surface area contributed by atoms with Crippen LogP contribution in [-0.2, 0) is 16.0 Å². The van der Waals surface area contributed by atoms with Crippen LogP contribution in [0.3, 0.4) is 0 Å². The van der Waals surface area contributed by atoms with Crippen molar-refractivity contribution in [2.75, 3.05) is 39.3 Å². The molecule has 1 aromatic rings. The topological polar surface area (TPSA) is 53.1 Å². The summed E-state index contributed by atoms with van der Waals surface area (Å²) in [6, 6.07) is 8.22. The Balaban J connectivity index is 1.25. The lowest BCUT2D eigenvalue weighted by atomic mass is 10.0. The maximum Gasteiger partial charge on any atom is 0.264 e. The summed E-state index contributed by atoms with van der Waals surface area (Å²) < 4.78 is 5.84. The highest BCUT2D eigenvalue weighted by atomic mass is 16.5. The second-order valence-corrected chi connectivity index (χ2v) is 7.95. The van der Waals surface area contributed by atoms with Crippen molar-refractivity contribution in [1.29, 1.82) is 0 Å². The third-order valence-electron chi connectivity index (χ3n) is 6.09. The number of fused-ring (bicyclic) bond motifs is 1. The van der Waals surface area contributed by atoms with Crippen LogP contribution in [0.2, 0.25) is 0 Å². The highest BCUT2D eigenvalue weighted by Crippen LogP contribution is 2.29. The van der Waals surface area contributed by atoms with Crippen LogP contribution in [0.15, 0.2) is 24.3 Å². The maximum absolute atomic E-state index is 12.8. The molecule has 2 fully saturated rings. The molecule has 6 heteroatoms. The number of amides is 2. The van der Waals surface area contributed by atoms with E-state index in [0.717, 1.165) is 43.8 Å². The van der Waals surface area contributed by atoms with Gasteiger partial charge in [-0.1, -0.05) is 18.2 Å². The first-order valence-electron chi connectivity index (χ1n) is 10.2. The van der Waals surface area contributed by atoms with E-state index < -0.39 is 6.10 Å². The zero-order valence-electron chi connectivity index (χ0n) is 16.1. The van der Waals surface area contributed by atoms with Crippen LogP contribution >= 0.6 is 0 Å². The van der Waals surface area contributed by atoms with Gasteiger partial charge in [-0.2, -0.15) is 0 Å². The molecule has 2 amide bonds. The van der Waals surface area contributed by atoms with E-state index in [1.165, 1.54) is 6.42 Å². The van der Waals surface area contributed by atoms with Gasteiger partial charge in [-0.15, -0.1) is 0 Å². The first-order chi connectivity index (χ1) is 13.1. The highest BCUT2D eigenvalue weighted by Gasteiger charge is 2.34. The molecule has 27 heavy (non-hydrogen) atoms. The van der Waals surface area contributed by atoms with Crippen LogP contribution in [0.25, 0.3) is 0 Å². The van der Waals surface area contributed by atoms with Gasteiger partial charge in [-0.3, -0.25) is 14.5 Å². The summed E-state index contributed by atoms with van der Waals surface area (Å²) in [4.78, 5) is 31.5. The molecule has 0 aromatic heterocycles. The number of carbonyl (C=O) groups excluding carboxylic acids is 2. The number of benzene rings is 1. The minimum absolute atomic E-state index is 0.0711. The third kappa shape index (κ3) is 3.95. The number of para-hydroxylation sites is 1. The summed E-state index contributed by atoms with van der Waals surface area (Å²) in [6.45, 7) is 6.33. The van der Waals surface area contributed by atoms with Crippen molar-refractivity contribution in [3.05, 3.63) is 29.8 Å². The van der Waals surface area contributed by atoms with Gasteiger partial charge >= 0.3 is 0 Å². The minimum Gasteiger partial charge on any atom is -0.480 e. The summed E-state index contributed by atoms with van der Waals surface area (Å²) in [7, 11) is 0. The number of rotatable bonds is 3. The van der Waals surface area contributed by atoms with Crippen LogP contribution in [-0.4, -0.2) is 77.9 Å². The number of nitrogens with zero attached hydrogens (tertiary/aromatic N) is 3. The Kier molecular flexibility index (Phi) is 5.34. The molecule has 0 spiro atoms. The molecule has 2 atom stereocenters. The van der Waals surface area contributed by atoms with Gasteiger partial charge in [-0.05, 0) is 37.8 Å². The van der Waals surface area contributed by atoms with E-state index in [0.29, 0.717) is 32.1 Å². The molecule has 3 aliphatic rings. The average molecular weight is 371 g/mol. The molecule has 0 unspecified atom stereocenters. The van der Waals surface area contributed by atoms with Crippen LogP contribution in [0, 0.1) is 0 Å². The molecule has 0 bridgehead atoms. The van der Waals surface area contributed by atoms with Gasteiger partial charge in [0.15, 0.2) is 6.10 Å². The van der Waals surface area contributed by atoms with E-state index in [1.807, 2.05) is 34.1 Å². The summed E-state index contributed by atoms with van der Waals surface area (Å²) in [6.07, 6.45) is 3.70. The number of piperazine rings is 1. The lowest BCUT2D eigenvalue weighted by molar-refractivity contribution is -0.140. The second kappa shape index (κ2) is 7.89. The summed E-state index contributed by atoms with van der Waals surface area (Å²) in [5, 5.41) is 0. The van der Waals surface area contributed by atoms with Gasteiger partial charge < -0.3 is 14.5 Å². The Morgan fingerprint density at radius 3 is 2.59 bits per heavy atom. The number of hydrogen-bond donors (Lipinski definition) is 0. The van der Waals surface area contributed by atoms with Gasteiger partial charge in [0.2, 0.25) is 5.91 Å². The summed E-state index contributed by atoms with van der Waals surface area (Å²) in [5.41, 5.74) is 1.11. The fourth-order valence-corrected chi connectivity index (χ4v) is 4.40. The number of likely N-dealkylation sites (tertiary alicyclic amines) is 1. The quantitative estimate of drug-likeness (QED) is 0.809. The van der Waals surface area contributed by atoms with Crippen molar-refractivity contribution in [1.82, 2.24) is 14.7 Å². The number of carbonyl (C=O) groups is 2. The summed E-state index contributed by atoms with van der Waals surface area (Å²) >= 11 is 0. The van der Waals surface area contributed by atoms with E-state index in [-0.39, 0.29) is 11.8 Å². The molecular weight excluding hydrogens is 342 g/mol. The van der Waals surface area contributed by atoms with Gasteiger partial charge in [-0.25, -0.2) is 0 Å². The number of ether oxygens (including phenoxy) is 1. The average Bonchev–Trinajstić information content (AvgIpc) is 3.12. The van der Waals surface area contributed by atoms with E-state index in [1.54, 1.807) is 0 Å². The zero-order valence-corrected chi connectivity index (χ0v) is 16.1. The Labute approximate surface area is 161 Å². The third-order valence-corrected chi connectivity index (χ3v) is 6.09. The van der Waals surface area contributed by atoms with Crippen LogP contribution in [0.5, 0.6) is 5.75 Å². The molecule has 6 nitrogen and oxygen atoms in total. The van der Waals surface area contributed by atoms with E-state index >= 15 is 0 Å². The van der Waals surface area contributed by atoms with E-state index in [9.17, 15) is 9.59 Å². The standard InChI is InChI=1S/C21H29N3O3/c1-16-6-4-5-9-24(16)20(25)15-22-10-12-23(13-11-22)21(26)19-14-17-7-2-3-8-18(17)27-19/h2-3,7-8,16,19H,4-6,9-15H2,1H3/t16-,19+/m0/s1. The predicted molar refractivity (Wildman–Crippen MR) is 103 cm³/mol. The maximum atomic E-state index is 12.8. The molecular formula is C21H29N3O3. The second-order valence-electron chi connectivity index (χ2n) is 7.95. The molecule has 4 rings (SSSR count). The molecule has 0 aliphatic carbocycles. The molecule has 0 saturated carbocycles. The Hall–Kier alpha value is -2.08. The van der Waals surface area contributed by atoms with E-state index in [4.69, 9.17) is 4.74 Å². The molecule has 146 valence electrons. The molecule has 3 heterocycles. The SMILES string of the molecule is C[C@H]1CCCCN1C(=O)CN1CCN(C(=O)[C@H]2Cc3ccccc3O2)CC1. The van der Waals surface area contributed by atoms with Gasteiger partial charge in [0.05, 0.1) is 6.54 Å². The number of piperidine rings is 1. The monoisotopic (exact) mass is 371 g/mol. The largest absolute Gasteiger partial charge is 0.480 e. The van der Waals surface area contributed by atoms with Crippen molar-refractivity contribution in [2.45, 2.75) is 44.8 Å². The highest BCUT2D eigenvalue weighted by molar-refractivity contribution is 5.83. The predicted octanol–water partition coefficient (Wildman–Crippen LogP) is 1.54. The molecule has 1 aromatic carbocycles. The fourth-order valence-electron chi connectivity index (χ4n) is 4.40. The first kappa shape index (κ1) is 18.3.